The Kier molecular flexibility index (Phi) is 4.78. The molecular weight excluding hydrogens is 323 g/mol. The predicted octanol–water partition coefficient (Wildman–Crippen LogP) is 6.47. The van der Waals surface area contributed by atoms with Gasteiger partial charge in [-0.25, -0.2) is 0 Å². The summed E-state index contributed by atoms with van der Waals surface area (Å²) in [5.41, 5.74) is 3.67. The summed E-state index contributed by atoms with van der Waals surface area (Å²) in [6.07, 6.45) is 4.20. The Labute approximate surface area is 141 Å². The Morgan fingerprint density at radius 2 is 1.67 bits per heavy atom. The first kappa shape index (κ1) is 15.2. The molecule has 0 nitrogen and oxygen atoms in total. The molecule has 0 fully saturated rings. The summed E-state index contributed by atoms with van der Waals surface area (Å²) in [5.74, 6) is 0.368. The van der Waals surface area contributed by atoms with Crippen molar-refractivity contribution in [2.45, 2.75) is 31.1 Å². The highest BCUT2D eigenvalue weighted by molar-refractivity contribution is 6.36. The van der Waals surface area contributed by atoms with Crippen LogP contribution in [0, 0.1) is 5.92 Å². The van der Waals surface area contributed by atoms with Crippen LogP contribution < -0.4 is 0 Å². The van der Waals surface area contributed by atoms with Gasteiger partial charge in [-0.3, -0.25) is 0 Å². The number of rotatable bonds is 2. The van der Waals surface area contributed by atoms with E-state index in [2.05, 4.69) is 24.3 Å². The SMILES string of the molecule is Clc1cccc(Cl)c1CC1CCCc2ccccc2C1Cl. The lowest BCUT2D eigenvalue weighted by Crippen LogP contribution is -2.11. The van der Waals surface area contributed by atoms with Crippen molar-refractivity contribution >= 4 is 34.8 Å². The highest BCUT2D eigenvalue weighted by Gasteiger charge is 2.27. The van der Waals surface area contributed by atoms with Crippen LogP contribution in [0.15, 0.2) is 42.5 Å². The maximum Gasteiger partial charge on any atom is 0.0619 e. The van der Waals surface area contributed by atoms with Crippen molar-refractivity contribution in [3.63, 3.8) is 0 Å². The number of hydrogen-bond acceptors (Lipinski definition) is 0. The average Bonchev–Trinajstić information content (AvgIpc) is 2.63. The molecule has 1 aliphatic carbocycles. The Morgan fingerprint density at radius 1 is 0.952 bits per heavy atom. The minimum absolute atomic E-state index is 0.0241. The Balaban J connectivity index is 1.90. The van der Waals surface area contributed by atoms with Gasteiger partial charge in [0.1, 0.15) is 0 Å². The Hall–Kier alpha value is -0.690. The molecule has 110 valence electrons. The van der Waals surface area contributed by atoms with Crippen LogP contribution in [0.1, 0.15) is 34.9 Å². The average molecular weight is 340 g/mol. The molecule has 2 atom stereocenters. The molecule has 2 aromatic rings. The smallest absolute Gasteiger partial charge is 0.0619 e. The molecule has 1 aliphatic rings. The zero-order chi connectivity index (χ0) is 14.8. The second kappa shape index (κ2) is 6.60. The van der Waals surface area contributed by atoms with E-state index in [0.29, 0.717) is 5.92 Å². The molecule has 0 heterocycles. The third-order valence-corrected chi connectivity index (χ3v) is 5.61. The van der Waals surface area contributed by atoms with Crippen LogP contribution in [0.25, 0.3) is 0 Å². The topological polar surface area (TPSA) is 0 Å². The summed E-state index contributed by atoms with van der Waals surface area (Å²) < 4.78 is 0. The summed E-state index contributed by atoms with van der Waals surface area (Å²) in [6.45, 7) is 0. The fourth-order valence-corrected chi connectivity index (χ4v) is 4.16. The van der Waals surface area contributed by atoms with Crippen LogP contribution in [0.2, 0.25) is 10.0 Å². The molecule has 0 N–H and O–H groups in total. The maximum atomic E-state index is 6.79. The summed E-state index contributed by atoms with van der Waals surface area (Å²) in [5, 5.41) is 1.50. The molecule has 3 rings (SSSR count). The van der Waals surface area contributed by atoms with Crippen LogP contribution in [-0.2, 0) is 12.8 Å². The molecule has 3 heteroatoms. The van der Waals surface area contributed by atoms with E-state index in [1.807, 2.05) is 18.2 Å². The van der Waals surface area contributed by atoms with Crippen molar-refractivity contribution in [3.05, 3.63) is 69.2 Å². The molecule has 0 saturated heterocycles. The molecule has 0 saturated carbocycles. The highest BCUT2D eigenvalue weighted by Crippen LogP contribution is 2.41. The molecule has 0 radical (unpaired) electrons. The van der Waals surface area contributed by atoms with Gasteiger partial charge < -0.3 is 0 Å². The molecule has 0 bridgehead atoms. The number of aryl methyl sites for hydroxylation is 1. The van der Waals surface area contributed by atoms with Gasteiger partial charge >= 0.3 is 0 Å². The standard InChI is InChI=1S/C18H17Cl3/c19-16-9-4-10-17(20)15(16)11-13-7-3-6-12-5-1-2-8-14(12)18(13)21/h1-2,4-5,8-10,13,18H,3,6-7,11H2. The minimum atomic E-state index is 0.0241. The first-order chi connectivity index (χ1) is 10.2. The molecule has 0 spiro atoms. The van der Waals surface area contributed by atoms with Gasteiger partial charge in [-0.2, -0.15) is 0 Å². The van der Waals surface area contributed by atoms with E-state index in [1.54, 1.807) is 0 Å². The summed E-state index contributed by atoms with van der Waals surface area (Å²) in [6, 6.07) is 14.2. The monoisotopic (exact) mass is 338 g/mol. The van der Waals surface area contributed by atoms with Crippen molar-refractivity contribution in [1.82, 2.24) is 0 Å². The van der Waals surface area contributed by atoms with E-state index in [0.717, 1.165) is 41.3 Å². The highest BCUT2D eigenvalue weighted by atomic mass is 35.5. The van der Waals surface area contributed by atoms with E-state index in [-0.39, 0.29) is 5.38 Å². The van der Waals surface area contributed by atoms with Gasteiger partial charge in [0.2, 0.25) is 0 Å². The Bertz CT molecular complexity index is 616. The van der Waals surface area contributed by atoms with Crippen LogP contribution in [0.4, 0.5) is 0 Å². The summed E-state index contributed by atoms with van der Waals surface area (Å²) in [4.78, 5) is 0. The van der Waals surface area contributed by atoms with Gasteiger partial charge in [-0.15, -0.1) is 11.6 Å². The van der Waals surface area contributed by atoms with Crippen molar-refractivity contribution in [2.24, 2.45) is 5.92 Å². The number of benzene rings is 2. The molecule has 0 aromatic heterocycles. The largest absolute Gasteiger partial charge is 0.117 e. The summed E-state index contributed by atoms with van der Waals surface area (Å²) >= 11 is 19.4. The molecule has 0 amide bonds. The van der Waals surface area contributed by atoms with Gasteiger partial charge in [0.05, 0.1) is 5.38 Å². The lowest BCUT2D eigenvalue weighted by atomic mass is 9.90. The number of hydrogen-bond donors (Lipinski definition) is 0. The normalized spacial score (nSPS) is 21.7. The molecule has 21 heavy (non-hydrogen) atoms. The molecule has 2 unspecified atom stereocenters. The van der Waals surface area contributed by atoms with Crippen LogP contribution in [0.3, 0.4) is 0 Å². The second-order valence-electron chi connectivity index (χ2n) is 5.66. The molecular formula is C18H17Cl3. The predicted molar refractivity (Wildman–Crippen MR) is 91.6 cm³/mol. The lowest BCUT2D eigenvalue weighted by molar-refractivity contribution is 0.465. The third-order valence-electron chi connectivity index (χ3n) is 4.32. The van der Waals surface area contributed by atoms with Gasteiger partial charge in [0.25, 0.3) is 0 Å². The lowest BCUT2D eigenvalue weighted by Gasteiger charge is -2.22. The number of alkyl halides is 1. The number of fused-ring (bicyclic) bond motifs is 1. The zero-order valence-electron chi connectivity index (χ0n) is 11.7. The number of halogens is 3. The first-order valence-electron chi connectivity index (χ1n) is 7.31. The Morgan fingerprint density at radius 3 is 2.43 bits per heavy atom. The van der Waals surface area contributed by atoms with Crippen LogP contribution in [0.5, 0.6) is 0 Å². The zero-order valence-corrected chi connectivity index (χ0v) is 13.9. The van der Waals surface area contributed by atoms with Crippen LogP contribution >= 0.6 is 34.8 Å². The van der Waals surface area contributed by atoms with E-state index < -0.39 is 0 Å². The molecule has 0 aliphatic heterocycles. The van der Waals surface area contributed by atoms with E-state index in [1.165, 1.54) is 11.1 Å². The second-order valence-corrected chi connectivity index (χ2v) is 6.94. The van der Waals surface area contributed by atoms with E-state index in [4.69, 9.17) is 34.8 Å². The fraction of sp³-hybridized carbons (Fsp3) is 0.333. The minimum Gasteiger partial charge on any atom is -0.117 e. The van der Waals surface area contributed by atoms with Gasteiger partial charge in [-0.05, 0) is 60.4 Å². The van der Waals surface area contributed by atoms with Crippen molar-refractivity contribution in [1.29, 1.82) is 0 Å². The van der Waals surface area contributed by atoms with E-state index in [9.17, 15) is 0 Å². The fourth-order valence-electron chi connectivity index (χ4n) is 3.18. The quantitative estimate of drug-likeness (QED) is 0.434. The van der Waals surface area contributed by atoms with Crippen molar-refractivity contribution in [2.75, 3.05) is 0 Å². The van der Waals surface area contributed by atoms with Gasteiger partial charge in [-0.1, -0.05) is 53.5 Å². The van der Waals surface area contributed by atoms with Gasteiger partial charge in [0.15, 0.2) is 0 Å². The maximum absolute atomic E-state index is 6.79. The summed E-state index contributed by atoms with van der Waals surface area (Å²) in [7, 11) is 0. The van der Waals surface area contributed by atoms with Crippen molar-refractivity contribution in [3.8, 4) is 0 Å². The third kappa shape index (κ3) is 3.23. The van der Waals surface area contributed by atoms with Crippen molar-refractivity contribution < 1.29 is 0 Å². The van der Waals surface area contributed by atoms with E-state index >= 15 is 0 Å². The van der Waals surface area contributed by atoms with Crippen LogP contribution in [-0.4, -0.2) is 0 Å². The first-order valence-corrected chi connectivity index (χ1v) is 8.51. The van der Waals surface area contributed by atoms with Gasteiger partial charge in [0, 0.05) is 10.0 Å². The molecule has 2 aromatic carbocycles.